The Morgan fingerprint density at radius 3 is 2.79 bits per heavy atom. The molecule has 2 aromatic carbocycles. The number of aryl methyl sites for hydroxylation is 2. The van der Waals surface area contributed by atoms with Crippen LogP contribution in [0.5, 0.6) is 0 Å². The SMILES string of the molecule is Cc1nnnn1-c1cccc(NC(=O)CCCc2ncc(-c3ccccc3)o2)c1. The highest BCUT2D eigenvalue weighted by atomic mass is 16.4. The second-order valence-corrected chi connectivity index (χ2v) is 6.57. The lowest BCUT2D eigenvalue weighted by atomic mass is 10.2. The molecule has 0 spiro atoms. The lowest BCUT2D eigenvalue weighted by molar-refractivity contribution is -0.116. The Bertz CT molecular complexity index is 1100. The number of tetrazole rings is 1. The number of rotatable bonds is 7. The maximum atomic E-state index is 12.3. The van der Waals surface area contributed by atoms with Crippen LogP contribution in [0.2, 0.25) is 0 Å². The van der Waals surface area contributed by atoms with Crippen molar-refractivity contribution in [1.29, 1.82) is 0 Å². The molecule has 8 heteroatoms. The van der Waals surface area contributed by atoms with Crippen LogP contribution in [0.15, 0.2) is 65.2 Å². The monoisotopic (exact) mass is 388 g/mol. The molecule has 0 unspecified atom stereocenters. The summed E-state index contributed by atoms with van der Waals surface area (Å²) in [6, 6.07) is 17.2. The van der Waals surface area contributed by atoms with Gasteiger partial charge in [-0.3, -0.25) is 4.79 Å². The van der Waals surface area contributed by atoms with Gasteiger partial charge in [-0.1, -0.05) is 36.4 Å². The summed E-state index contributed by atoms with van der Waals surface area (Å²) in [6.07, 6.45) is 3.34. The summed E-state index contributed by atoms with van der Waals surface area (Å²) in [6.45, 7) is 1.82. The predicted molar refractivity (Wildman–Crippen MR) is 107 cm³/mol. The van der Waals surface area contributed by atoms with E-state index in [4.69, 9.17) is 4.42 Å². The Balaban J connectivity index is 1.30. The van der Waals surface area contributed by atoms with Crippen molar-refractivity contribution in [1.82, 2.24) is 25.2 Å². The van der Waals surface area contributed by atoms with E-state index in [0.717, 1.165) is 17.0 Å². The van der Waals surface area contributed by atoms with Gasteiger partial charge in [-0.05, 0) is 42.0 Å². The molecule has 0 aliphatic heterocycles. The van der Waals surface area contributed by atoms with Crippen LogP contribution >= 0.6 is 0 Å². The summed E-state index contributed by atoms with van der Waals surface area (Å²) >= 11 is 0. The maximum Gasteiger partial charge on any atom is 0.224 e. The van der Waals surface area contributed by atoms with Crippen LogP contribution in [0, 0.1) is 6.92 Å². The third-order valence-electron chi connectivity index (χ3n) is 4.41. The molecule has 4 aromatic rings. The van der Waals surface area contributed by atoms with Gasteiger partial charge in [-0.25, -0.2) is 4.98 Å². The average molecular weight is 388 g/mol. The molecule has 2 aromatic heterocycles. The van der Waals surface area contributed by atoms with Gasteiger partial charge in [0, 0.05) is 24.1 Å². The highest BCUT2D eigenvalue weighted by Crippen LogP contribution is 2.20. The number of nitrogens with zero attached hydrogens (tertiary/aromatic N) is 5. The summed E-state index contributed by atoms with van der Waals surface area (Å²) in [4.78, 5) is 16.6. The first-order valence-corrected chi connectivity index (χ1v) is 9.34. The van der Waals surface area contributed by atoms with E-state index in [9.17, 15) is 4.79 Å². The number of hydrogen-bond donors (Lipinski definition) is 1. The number of hydrogen-bond acceptors (Lipinski definition) is 6. The lowest BCUT2D eigenvalue weighted by Gasteiger charge is -2.07. The predicted octanol–water partition coefficient (Wildman–Crippen LogP) is 3.59. The molecule has 4 rings (SSSR count). The molecule has 0 fully saturated rings. The van der Waals surface area contributed by atoms with Crippen molar-refractivity contribution in [2.75, 3.05) is 5.32 Å². The van der Waals surface area contributed by atoms with Crippen LogP contribution in [0.25, 0.3) is 17.0 Å². The van der Waals surface area contributed by atoms with Gasteiger partial charge in [-0.15, -0.1) is 5.10 Å². The zero-order valence-electron chi connectivity index (χ0n) is 15.9. The zero-order chi connectivity index (χ0) is 20.1. The molecule has 146 valence electrons. The van der Waals surface area contributed by atoms with Gasteiger partial charge in [-0.2, -0.15) is 4.68 Å². The van der Waals surface area contributed by atoms with Crippen molar-refractivity contribution in [3.8, 4) is 17.0 Å². The van der Waals surface area contributed by atoms with E-state index in [1.54, 1.807) is 10.9 Å². The lowest BCUT2D eigenvalue weighted by Crippen LogP contribution is -2.12. The number of benzene rings is 2. The van der Waals surface area contributed by atoms with Gasteiger partial charge in [0.15, 0.2) is 17.5 Å². The highest BCUT2D eigenvalue weighted by Gasteiger charge is 2.09. The average Bonchev–Trinajstić information content (AvgIpc) is 3.38. The second-order valence-electron chi connectivity index (χ2n) is 6.57. The summed E-state index contributed by atoms with van der Waals surface area (Å²) < 4.78 is 7.39. The van der Waals surface area contributed by atoms with E-state index >= 15 is 0 Å². The summed E-state index contributed by atoms with van der Waals surface area (Å²) in [5.41, 5.74) is 2.48. The molecule has 29 heavy (non-hydrogen) atoms. The zero-order valence-corrected chi connectivity index (χ0v) is 15.9. The number of aromatic nitrogens is 5. The topological polar surface area (TPSA) is 98.7 Å². The minimum absolute atomic E-state index is 0.0644. The van der Waals surface area contributed by atoms with Gasteiger partial charge in [0.05, 0.1) is 11.9 Å². The standard InChI is InChI=1S/C21H20N6O2/c1-15-24-25-26-27(15)18-10-5-9-17(13-18)23-20(28)11-6-12-21-22-14-19(29-21)16-7-3-2-4-8-16/h2-5,7-10,13-14H,6,11-12H2,1H3,(H,23,28). The first-order chi connectivity index (χ1) is 14.2. The number of amides is 1. The summed E-state index contributed by atoms with van der Waals surface area (Å²) in [5, 5.41) is 14.4. The number of nitrogens with one attached hydrogen (secondary N) is 1. The van der Waals surface area contributed by atoms with Crippen molar-refractivity contribution in [2.45, 2.75) is 26.2 Å². The second kappa shape index (κ2) is 8.47. The fourth-order valence-corrected chi connectivity index (χ4v) is 2.97. The van der Waals surface area contributed by atoms with Gasteiger partial charge >= 0.3 is 0 Å². The Morgan fingerprint density at radius 2 is 2.00 bits per heavy atom. The van der Waals surface area contributed by atoms with E-state index in [1.165, 1.54) is 0 Å². The summed E-state index contributed by atoms with van der Waals surface area (Å²) in [7, 11) is 0. The van der Waals surface area contributed by atoms with Crippen molar-refractivity contribution in [3.63, 3.8) is 0 Å². The Hall–Kier alpha value is -3.81. The highest BCUT2D eigenvalue weighted by molar-refractivity contribution is 5.90. The van der Waals surface area contributed by atoms with E-state index < -0.39 is 0 Å². The van der Waals surface area contributed by atoms with Crippen molar-refractivity contribution >= 4 is 11.6 Å². The van der Waals surface area contributed by atoms with Crippen LogP contribution in [-0.4, -0.2) is 31.1 Å². The maximum absolute atomic E-state index is 12.3. The van der Waals surface area contributed by atoms with Gasteiger partial charge in [0.2, 0.25) is 5.91 Å². The van der Waals surface area contributed by atoms with Crippen molar-refractivity contribution in [3.05, 3.63) is 72.5 Å². The first kappa shape index (κ1) is 18.5. The van der Waals surface area contributed by atoms with Crippen LogP contribution < -0.4 is 5.32 Å². The first-order valence-electron chi connectivity index (χ1n) is 9.34. The molecule has 0 bridgehead atoms. The molecule has 0 saturated heterocycles. The number of oxazole rings is 1. The van der Waals surface area contributed by atoms with E-state index in [0.29, 0.717) is 36.7 Å². The normalized spacial score (nSPS) is 10.8. The molecule has 2 heterocycles. The molecule has 8 nitrogen and oxygen atoms in total. The van der Waals surface area contributed by atoms with E-state index in [1.807, 2.05) is 61.5 Å². The summed E-state index contributed by atoms with van der Waals surface area (Å²) in [5.74, 6) is 1.98. The number of anilines is 1. The van der Waals surface area contributed by atoms with Crippen molar-refractivity contribution < 1.29 is 9.21 Å². The Morgan fingerprint density at radius 1 is 1.14 bits per heavy atom. The third-order valence-corrected chi connectivity index (χ3v) is 4.41. The van der Waals surface area contributed by atoms with Crippen molar-refractivity contribution in [2.24, 2.45) is 0 Å². The Kier molecular flexibility index (Phi) is 5.42. The molecular weight excluding hydrogens is 368 g/mol. The van der Waals surface area contributed by atoms with Crippen LogP contribution in [-0.2, 0) is 11.2 Å². The Labute approximate surface area is 167 Å². The van der Waals surface area contributed by atoms with Gasteiger partial charge < -0.3 is 9.73 Å². The molecule has 0 saturated carbocycles. The minimum atomic E-state index is -0.0644. The molecular formula is C21H20N6O2. The van der Waals surface area contributed by atoms with E-state index in [-0.39, 0.29) is 5.91 Å². The molecule has 0 atom stereocenters. The minimum Gasteiger partial charge on any atom is -0.441 e. The largest absolute Gasteiger partial charge is 0.441 e. The quantitative estimate of drug-likeness (QED) is 0.519. The molecule has 0 radical (unpaired) electrons. The number of carbonyl (C=O) groups is 1. The molecule has 0 aliphatic carbocycles. The third kappa shape index (κ3) is 4.55. The smallest absolute Gasteiger partial charge is 0.224 e. The molecule has 1 amide bonds. The molecule has 1 N–H and O–H groups in total. The van der Waals surface area contributed by atoms with Gasteiger partial charge in [0.25, 0.3) is 0 Å². The van der Waals surface area contributed by atoms with Crippen LogP contribution in [0.4, 0.5) is 5.69 Å². The van der Waals surface area contributed by atoms with Crippen LogP contribution in [0.1, 0.15) is 24.6 Å². The van der Waals surface area contributed by atoms with Crippen LogP contribution in [0.3, 0.4) is 0 Å². The van der Waals surface area contributed by atoms with Gasteiger partial charge in [0.1, 0.15) is 0 Å². The fourth-order valence-electron chi connectivity index (χ4n) is 2.97. The van der Waals surface area contributed by atoms with E-state index in [2.05, 4.69) is 25.8 Å². The molecule has 0 aliphatic rings. The fraction of sp³-hybridized carbons (Fsp3) is 0.190. The number of carbonyl (C=O) groups excluding carboxylic acids is 1.